The van der Waals surface area contributed by atoms with Crippen molar-refractivity contribution in [3.05, 3.63) is 41.5 Å². The van der Waals surface area contributed by atoms with Gasteiger partial charge >= 0.3 is 0 Å². The van der Waals surface area contributed by atoms with Crippen LogP contribution in [0, 0.1) is 5.82 Å². The minimum atomic E-state index is -0.379. The molecule has 1 aliphatic carbocycles. The van der Waals surface area contributed by atoms with Crippen molar-refractivity contribution in [1.82, 2.24) is 14.3 Å². The number of carbonyl (C=O) groups excluding carboxylic acids is 1. The van der Waals surface area contributed by atoms with Crippen molar-refractivity contribution in [2.24, 2.45) is 0 Å². The number of nitrogens with zero attached hydrogens (tertiary/aromatic N) is 4. The fourth-order valence-corrected chi connectivity index (χ4v) is 3.56. The van der Waals surface area contributed by atoms with Crippen LogP contribution < -0.4 is 4.90 Å². The van der Waals surface area contributed by atoms with Gasteiger partial charge in [0.05, 0.1) is 0 Å². The van der Waals surface area contributed by atoms with Crippen molar-refractivity contribution in [2.45, 2.75) is 18.8 Å². The number of hydrogen-bond donors (Lipinski definition) is 0. The molecule has 5 nitrogen and oxygen atoms in total. The molecular weight excluding hydrogens is 315 g/mol. The molecule has 1 saturated heterocycles. The summed E-state index contributed by atoms with van der Waals surface area (Å²) in [7, 11) is 0. The number of rotatable bonds is 3. The van der Waals surface area contributed by atoms with Gasteiger partial charge in [-0.3, -0.25) is 4.79 Å². The lowest BCUT2D eigenvalue weighted by Gasteiger charge is -2.34. The Labute approximate surface area is 137 Å². The van der Waals surface area contributed by atoms with Gasteiger partial charge in [-0.05, 0) is 31.0 Å². The standard InChI is InChI=1S/C16H17FN4OS/c17-13-3-1-2-12(10-13)15(22)20-6-8-21(9-7-20)16-18-14(19-23-16)11-4-5-11/h1-3,10-11H,4-9H2. The monoisotopic (exact) mass is 332 g/mol. The first-order valence-electron chi connectivity index (χ1n) is 7.84. The highest BCUT2D eigenvalue weighted by molar-refractivity contribution is 7.09. The summed E-state index contributed by atoms with van der Waals surface area (Å²) in [6.07, 6.45) is 2.40. The average Bonchev–Trinajstić information content (AvgIpc) is 3.32. The summed E-state index contributed by atoms with van der Waals surface area (Å²) in [6.45, 7) is 2.71. The predicted octanol–water partition coefficient (Wildman–Crippen LogP) is 2.52. The van der Waals surface area contributed by atoms with Gasteiger partial charge in [-0.1, -0.05) is 6.07 Å². The highest BCUT2D eigenvalue weighted by atomic mass is 32.1. The maximum absolute atomic E-state index is 13.3. The maximum atomic E-state index is 13.3. The Morgan fingerprint density at radius 3 is 2.70 bits per heavy atom. The van der Waals surface area contributed by atoms with Crippen LogP contribution in [0.15, 0.2) is 24.3 Å². The zero-order valence-electron chi connectivity index (χ0n) is 12.6. The molecule has 0 N–H and O–H groups in total. The van der Waals surface area contributed by atoms with Crippen LogP contribution in [0.1, 0.15) is 34.9 Å². The van der Waals surface area contributed by atoms with Gasteiger partial charge in [0.1, 0.15) is 11.6 Å². The first-order valence-corrected chi connectivity index (χ1v) is 8.61. The van der Waals surface area contributed by atoms with Gasteiger partial charge in [0, 0.05) is 49.2 Å². The predicted molar refractivity (Wildman–Crippen MR) is 86.4 cm³/mol. The summed E-state index contributed by atoms with van der Waals surface area (Å²) < 4.78 is 17.7. The van der Waals surface area contributed by atoms with E-state index in [1.54, 1.807) is 17.0 Å². The Hall–Kier alpha value is -2.02. The lowest BCUT2D eigenvalue weighted by Crippen LogP contribution is -2.48. The molecule has 2 aliphatic rings. The second-order valence-corrected chi connectivity index (χ2v) is 6.73. The van der Waals surface area contributed by atoms with Crippen molar-refractivity contribution >= 4 is 22.6 Å². The fourth-order valence-electron chi connectivity index (χ4n) is 2.77. The number of carbonyl (C=O) groups is 1. The topological polar surface area (TPSA) is 49.3 Å². The summed E-state index contributed by atoms with van der Waals surface area (Å²) in [5.74, 6) is 1.05. The largest absolute Gasteiger partial charge is 0.343 e. The Bertz CT molecular complexity index is 722. The third kappa shape index (κ3) is 3.06. The molecule has 0 atom stereocenters. The van der Waals surface area contributed by atoms with Gasteiger partial charge in [-0.25, -0.2) is 9.37 Å². The molecule has 7 heteroatoms. The minimum absolute atomic E-state index is 0.111. The number of amides is 1. The molecule has 0 spiro atoms. The summed E-state index contributed by atoms with van der Waals surface area (Å²) in [4.78, 5) is 21.0. The van der Waals surface area contributed by atoms with Crippen LogP contribution in [0.25, 0.3) is 0 Å². The SMILES string of the molecule is O=C(c1cccc(F)c1)N1CCN(c2nc(C3CC3)ns2)CC1. The number of hydrogen-bond acceptors (Lipinski definition) is 5. The molecule has 1 aromatic carbocycles. The van der Waals surface area contributed by atoms with Gasteiger partial charge in [-0.15, -0.1) is 0 Å². The van der Waals surface area contributed by atoms with Crippen molar-refractivity contribution in [2.75, 3.05) is 31.1 Å². The van der Waals surface area contributed by atoms with E-state index >= 15 is 0 Å². The van der Waals surface area contributed by atoms with Crippen LogP contribution in [0.4, 0.5) is 9.52 Å². The maximum Gasteiger partial charge on any atom is 0.254 e. The highest BCUT2D eigenvalue weighted by Crippen LogP contribution is 2.39. The molecule has 1 saturated carbocycles. The summed E-state index contributed by atoms with van der Waals surface area (Å²) in [5.41, 5.74) is 0.408. The van der Waals surface area contributed by atoms with E-state index in [2.05, 4.69) is 14.3 Å². The average molecular weight is 332 g/mol. The number of benzene rings is 1. The Morgan fingerprint density at radius 2 is 2.00 bits per heavy atom. The van der Waals surface area contributed by atoms with Crippen molar-refractivity contribution in [3.63, 3.8) is 0 Å². The highest BCUT2D eigenvalue weighted by Gasteiger charge is 2.29. The number of piperazine rings is 1. The molecule has 0 radical (unpaired) electrons. The lowest BCUT2D eigenvalue weighted by atomic mass is 10.2. The van der Waals surface area contributed by atoms with E-state index in [1.807, 2.05) is 0 Å². The first-order chi connectivity index (χ1) is 11.2. The third-order valence-corrected chi connectivity index (χ3v) is 5.07. The second kappa shape index (κ2) is 5.88. The first kappa shape index (κ1) is 14.6. The van der Waals surface area contributed by atoms with E-state index in [0.29, 0.717) is 24.6 Å². The van der Waals surface area contributed by atoms with Crippen molar-refractivity contribution in [1.29, 1.82) is 0 Å². The molecule has 0 bridgehead atoms. The van der Waals surface area contributed by atoms with Crippen molar-refractivity contribution < 1.29 is 9.18 Å². The van der Waals surface area contributed by atoms with Crippen LogP contribution in [0.5, 0.6) is 0 Å². The Balaban J connectivity index is 1.39. The van der Waals surface area contributed by atoms with E-state index in [0.717, 1.165) is 24.0 Å². The van der Waals surface area contributed by atoms with Crippen LogP contribution in [0.3, 0.4) is 0 Å². The molecule has 1 amide bonds. The van der Waals surface area contributed by atoms with E-state index in [9.17, 15) is 9.18 Å². The zero-order valence-corrected chi connectivity index (χ0v) is 13.4. The molecule has 2 fully saturated rings. The van der Waals surface area contributed by atoms with Crippen molar-refractivity contribution in [3.8, 4) is 0 Å². The Kier molecular flexibility index (Phi) is 3.72. The fraction of sp³-hybridized carbons (Fsp3) is 0.438. The van der Waals surface area contributed by atoms with Crippen LogP contribution in [-0.4, -0.2) is 46.3 Å². The number of halogens is 1. The minimum Gasteiger partial charge on any atom is -0.343 e. The normalized spacial score (nSPS) is 18.3. The number of anilines is 1. The van der Waals surface area contributed by atoms with E-state index in [1.165, 1.54) is 36.5 Å². The molecule has 1 aromatic heterocycles. The zero-order chi connectivity index (χ0) is 15.8. The summed E-state index contributed by atoms with van der Waals surface area (Å²) in [6, 6.07) is 5.87. The Morgan fingerprint density at radius 1 is 1.22 bits per heavy atom. The van der Waals surface area contributed by atoms with E-state index in [4.69, 9.17) is 0 Å². The number of aromatic nitrogens is 2. The second-order valence-electron chi connectivity index (χ2n) is 6.00. The van der Waals surface area contributed by atoms with Crippen LogP contribution >= 0.6 is 11.5 Å². The molecule has 2 heterocycles. The van der Waals surface area contributed by atoms with Crippen LogP contribution in [-0.2, 0) is 0 Å². The molecule has 120 valence electrons. The summed E-state index contributed by atoms with van der Waals surface area (Å²) in [5, 5.41) is 0.949. The molecule has 1 aliphatic heterocycles. The van der Waals surface area contributed by atoms with Gasteiger partial charge in [0.2, 0.25) is 5.13 Å². The van der Waals surface area contributed by atoms with E-state index < -0.39 is 0 Å². The molecule has 0 unspecified atom stereocenters. The van der Waals surface area contributed by atoms with Gasteiger partial charge < -0.3 is 9.80 Å². The van der Waals surface area contributed by atoms with E-state index in [-0.39, 0.29) is 11.7 Å². The third-order valence-electron chi connectivity index (χ3n) is 4.28. The molecule has 23 heavy (non-hydrogen) atoms. The summed E-state index contributed by atoms with van der Waals surface area (Å²) >= 11 is 1.44. The van der Waals surface area contributed by atoms with Gasteiger partial charge in [0.15, 0.2) is 0 Å². The van der Waals surface area contributed by atoms with Gasteiger partial charge in [-0.2, -0.15) is 4.37 Å². The van der Waals surface area contributed by atoms with Gasteiger partial charge in [0.25, 0.3) is 5.91 Å². The molecule has 2 aromatic rings. The molecule has 4 rings (SSSR count). The molecular formula is C16H17FN4OS. The lowest BCUT2D eigenvalue weighted by molar-refractivity contribution is 0.0746. The smallest absolute Gasteiger partial charge is 0.254 e. The quantitative estimate of drug-likeness (QED) is 0.867. The van der Waals surface area contributed by atoms with Crippen LogP contribution in [0.2, 0.25) is 0 Å².